The minimum Gasteiger partial charge on any atom is -0.120 e. The van der Waals surface area contributed by atoms with Gasteiger partial charge in [-0.1, -0.05) is 182 Å². The summed E-state index contributed by atoms with van der Waals surface area (Å²) in [6.07, 6.45) is 0. The van der Waals surface area contributed by atoms with E-state index in [0.29, 0.717) is 0 Å². The Morgan fingerprint density at radius 2 is 0.432 bits per heavy atom. The Labute approximate surface area is 280 Å². The summed E-state index contributed by atoms with van der Waals surface area (Å²) in [7, 11) is 14.1. The second kappa shape index (κ2) is 21.1. The number of nitroso groups, excluding NO2 is 1. The maximum Gasteiger partial charge on any atom is 0.120 e. The predicted octanol–water partition coefficient (Wildman–Crippen LogP) is 8.51. The fourth-order valence-electron chi connectivity index (χ4n) is 4.36. The molecule has 8 heteroatoms. The van der Waals surface area contributed by atoms with Gasteiger partial charge < -0.3 is 0 Å². The van der Waals surface area contributed by atoms with Crippen molar-refractivity contribution in [2.75, 3.05) is 0 Å². The second-order valence-electron chi connectivity index (χ2n) is 8.85. The maximum atomic E-state index is 7.25. The third-order valence-electron chi connectivity index (χ3n) is 6.09. The van der Waals surface area contributed by atoms with Crippen LogP contribution in [-0.4, -0.2) is 0 Å². The predicted molar refractivity (Wildman–Crippen MR) is 193 cm³/mol. The van der Waals surface area contributed by atoms with E-state index in [1.54, 1.807) is 0 Å². The van der Waals surface area contributed by atoms with Crippen molar-refractivity contribution in [3.8, 4) is 0 Å². The van der Waals surface area contributed by atoms with Crippen LogP contribution in [-0.2, 0) is 13.7 Å². The SMILES string of the molecule is [Cl][Re]([Cl])[Cl].[N]=O.c1ccc(P(c2ccccc2)c2ccccc2)cc1.c1ccc(P(c2ccccc2)c2ccccc2)cc1. The average molecular weight is 847 g/mol. The molecule has 44 heavy (non-hydrogen) atoms. The molecular weight excluding hydrogens is 817 g/mol. The second-order valence-corrected chi connectivity index (χ2v) is 25.1. The van der Waals surface area contributed by atoms with Crippen molar-refractivity contribution >= 4 is 76.3 Å². The van der Waals surface area contributed by atoms with Crippen LogP contribution in [0.5, 0.6) is 0 Å². The molecule has 0 atom stereocenters. The first-order valence-electron chi connectivity index (χ1n) is 13.4. The van der Waals surface area contributed by atoms with E-state index in [-0.39, 0.29) is 0 Å². The molecule has 0 spiro atoms. The van der Waals surface area contributed by atoms with Crippen LogP contribution in [0.2, 0.25) is 0 Å². The van der Waals surface area contributed by atoms with Gasteiger partial charge in [0.05, 0.1) is 0 Å². The number of nitrogens with zero attached hydrogens (tertiary/aromatic N) is 1. The van der Waals surface area contributed by atoms with Crippen LogP contribution >= 0.6 is 44.4 Å². The quantitative estimate of drug-likeness (QED) is 0.155. The maximum absolute atomic E-state index is 7.25. The van der Waals surface area contributed by atoms with Gasteiger partial charge in [0.15, 0.2) is 0 Å². The first-order chi connectivity index (χ1) is 21.6. The van der Waals surface area contributed by atoms with E-state index in [9.17, 15) is 0 Å². The van der Waals surface area contributed by atoms with Crippen molar-refractivity contribution in [2.45, 2.75) is 0 Å². The first kappa shape index (κ1) is 35.8. The summed E-state index contributed by atoms with van der Waals surface area (Å²) in [5.74, 6) is 0. The summed E-state index contributed by atoms with van der Waals surface area (Å²) < 4.78 is 0. The Balaban J connectivity index is 0.000000205. The van der Waals surface area contributed by atoms with E-state index in [1.165, 1.54) is 31.8 Å². The molecule has 1 radical (unpaired) electrons. The molecule has 0 saturated heterocycles. The van der Waals surface area contributed by atoms with Gasteiger partial charge in [0.25, 0.3) is 0 Å². The summed E-state index contributed by atoms with van der Waals surface area (Å²) in [4.78, 5) is 7.25. The average Bonchev–Trinajstić information content (AvgIpc) is 3.09. The van der Waals surface area contributed by atoms with Crippen molar-refractivity contribution in [1.82, 2.24) is 5.59 Å². The number of hydrogen-bond donors (Lipinski definition) is 0. The van der Waals surface area contributed by atoms with Gasteiger partial charge in [-0.05, 0) is 47.7 Å². The van der Waals surface area contributed by atoms with Gasteiger partial charge in [0, 0.05) is 0 Å². The molecule has 0 amide bonds. The molecule has 0 unspecified atom stereocenters. The molecular formula is C36H30Cl3NOP2Re. The molecule has 0 aliphatic rings. The summed E-state index contributed by atoms with van der Waals surface area (Å²) in [6.45, 7) is 0. The first-order valence-corrected chi connectivity index (χ1v) is 26.2. The molecule has 6 aromatic rings. The van der Waals surface area contributed by atoms with Crippen LogP contribution in [0.4, 0.5) is 0 Å². The number of benzene rings is 6. The van der Waals surface area contributed by atoms with Gasteiger partial charge in [-0.3, -0.25) is 0 Å². The van der Waals surface area contributed by atoms with E-state index >= 15 is 0 Å². The van der Waals surface area contributed by atoms with Crippen LogP contribution < -0.4 is 37.4 Å². The molecule has 0 bridgehead atoms. The van der Waals surface area contributed by atoms with Gasteiger partial charge in [-0.25, -0.2) is 0 Å². The number of halogens is 3. The fourth-order valence-corrected chi connectivity index (χ4v) is 8.97. The van der Waals surface area contributed by atoms with E-state index in [1.807, 2.05) is 0 Å². The Morgan fingerprint density at radius 1 is 0.318 bits per heavy atom. The third kappa shape index (κ3) is 12.0. The Bertz CT molecular complexity index is 1260. The molecule has 0 aliphatic heterocycles. The topological polar surface area (TPSA) is 39.4 Å². The third-order valence-corrected chi connectivity index (χ3v) is 11.0. The molecule has 0 aromatic heterocycles. The number of rotatable bonds is 6. The molecule has 0 saturated carbocycles. The van der Waals surface area contributed by atoms with E-state index in [4.69, 9.17) is 39.1 Å². The molecule has 0 fully saturated rings. The van der Waals surface area contributed by atoms with Gasteiger partial charge in [-0.15, -0.1) is 4.91 Å². The van der Waals surface area contributed by atoms with Crippen molar-refractivity contribution in [3.05, 3.63) is 187 Å². The van der Waals surface area contributed by atoms with E-state index in [2.05, 4.69) is 182 Å². The van der Waals surface area contributed by atoms with Crippen molar-refractivity contribution in [3.63, 3.8) is 0 Å². The summed E-state index contributed by atoms with van der Waals surface area (Å²) in [5.41, 5.74) is 5.75. The van der Waals surface area contributed by atoms with Gasteiger partial charge in [0.1, 0.15) is 5.59 Å². The van der Waals surface area contributed by atoms with Crippen molar-refractivity contribution in [1.29, 1.82) is 0 Å². The van der Waals surface area contributed by atoms with Crippen LogP contribution in [0.1, 0.15) is 0 Å². The van der Waals surface area contributed by atoms with Crippen LogP contribution in [0.3, 0.4) is 0 Å². The molecule has 0 aliphatic carbocycles. The van der Waals surface area contributed by atoms with Crippen molar-refractivity contribution < 1.29 is 13.7 Å². The van der Waals surface area contributed by atoms with E-state index < -0.39 is 29.5 Å². The molecule has 0 heterocycles. The monoisotopic (exact) mass is 846 g/mol. The zero-order valence-corrected chi connectivity index (χ0v) is 30.4. The Hall–Kier alpha value is -2.69. The molecule has 6 aromatic carbocycles. The van der Waals surface area contributed by atoms with Crippen LogP contribution in [0.15, 0.2) is 182 Å². The molecule has 2 nitrogen and oxygen atoms in total. The largest absolute Gasteiger partial charge is 0.120 e. The van der Waals surface area contributed by atoms with Crippen molar-refractivity contribution in [2.24, 2.45) is 0 Å². The van der Waals surface area contributed by atoms with Gasteiger partial charge in [0.2, 0.25) is 0 Å². The zero-order chi connectivity index (χ0) is 31.4. The van der Waals surface area contributed by atoms with Gasteiger partial charge in [-0.2, -0.15) is 0 Å². The standard InChI is InChI=1S/2C18H15P.3ClH.NO.Re/c2*1-4-10-16(11-5-1)19(17-12-6-2-7-13-17)18-14-8-3-9-15-18;;;;1-2;/h2*1-15H;3*1H;;/q;;;;;;+3/p-3. The minimum absolute atomic E-state index is 0.446. The summed E-state index contributed by atoms with van der Waals surface area (Å²) in [6, 6.07) is 64.7. The zero-order valence-electron chi connectivity index (χ0n) is 23.6. The Morgan fingerprint density at radius 3 is 0.545 bits per heavy atom. The molecule has 6 rings (SSSR count). The van der Waals surface area contributed by atoms with Gasteiger partial charge >= 0.3 is 42.3 Å². The van der Waals surface area contributed by atoms with Crippen LogP contribution in [0.25, 0.3) is 0 Å². The minimum atomic E-state index is -2.05. The Kier molecular flexibility index (Phi) is 17.2. The number of hydrogen-bond acceptors (Lipinski definition) is 1. The molecule has 223 valence electrons. The smallest absolute Gasteiger partial charge is 0.120 e. The summed E-state index contributed by atoms with van der Waals surface area (Å²) >= 11 is -2.05. The summed E-state index contributed by atoms with van der Waals surface area (Å²) in [5, 5.41) is 8.39. The molecule has 0 N–H and O–H groups in total. The van der Waals surface area contributed by atoms with Crippen LogP contribution in [0, 0.1) is 4.91 Å². The fraction of sp³-hybridized carbons (Fsp3) is 0. The van der Waals surface area contributed by atoms with E-state index in [0.717, 1.165) is 0 Å². The normalized spacial score (nSPS) is 10.2.